The van der Waals surface area contributed by atoms with Crippen LogP contribution in [0.3, 0.4) is 0 Å². The van der Waals surface area contributed by atoms with Crippen LogP contribution in [0.4, 0.5) is 5.69 Å². The van der Waals surface area contributed by atoms with Gasteiger partial charge in [-0.15, -0.1) is 11.3 Å². The van der Waals surface area contributed by atoms with Crippen LogP contribution in [0.5, 0.6) is 0 Å². The highest BCUT2D eigenvalue weighted by molar-refractivity contribution is 7.13. The molecule has 2 N–H and O–H groups in total. The average molecular weight is 301 g/mol. The molecule has 0 saturated carbocycles. The Morgan fingerprint density at radius 2 is 2.19 bits per heavy atom. The highest BCUT2D eigenvalue weighted by Crippen LogP contribution is 2.30. The van der Waals surface area contributed by atoms with Gasteiger partial charge in [0, 0.05) is 28.2 Å². The standard InChI is InChI=1S/C16H19N3OS/c1-16(5-7-17-8-6-16)15(20)19-13-4-2-3-12(11-13)14-18-9-10-21-14/h2-4,9-11,17H,5-8H2,1H3,(H,19,20). The van der Waals surface area contributed by atoms with Crippen molar-refractivity contribution in [3.63, 3.8) is 0 Å². The second kappa shape index (κ2) is 5.95. The molecule has 1 amide bonds. The smallest absolute Gasteiger partial charge is 0.230 e. The molecule has 3 rings (SSSR count). The quantitative estimate of drug-likeness (QED) is 0.915. The molecule has 1 fully saturated rings. The maximum absolute atomic E-state index is 12.5. The minimum Gasteiger partial charge on any atom is -0.326 e. The van der Waals surface area contributed by atoms with Crippen molar-refractivity contribution in [2.24, 2.45) is 5.41 Å². The number of carbonyl (C=O) groups excluding carboxylic acids is 1. The van der Waals surface area contributed by atoms with E-state index in [9.17, 15) is 4.79 Å². The van der Waals surface area contributed by atoms with E-state index in [0.29, 0.717) is 0 Å². The lowest BCUT2D eigenvalue weighted by Crippen LogP contribution is -2.42. The van der Waals surface area contributed by atoms with Crippen molar-refractivity contribution in [1.82, 2.24) is 10.3 Å². The largest absolute Gasteiger partial charge is 0.326 e. The summed E-state index contributed by atoms with van der Waals surface area (Å²) in [7, 11) is 0. The number of thiazole rings is 1. The molecule has 0 bridgehead atoms. The van der Waals surface area contributed by atoms with E-state index in [1.807, 2.05) is 36.6 Å². The van der Waals surface area contributed by atoms with Crippen LogP contribution in [0.15, 0.2) is 35.8 Å². The molecule has 0 radical (unpaired) electrons. The van der Waals surface area contributed by atoms with E-state index in [1.165, 1.54) is 0 Å². The number of benzene rings is 1. The van der Waals surface area contributed by atoms with Gasteiger partial charge in [0.05, 0.1) is 0 Å². The topological polar surface area (TPSA) is 54.0 Å². The van der Waals surface area contributed by atoms with Crippen LogP contribution >= 0.6 is 11.3 Å². The Labute approximate surface area is 128 Å². The molecular formula is C16H19N3OS. The first-order valence-electron chi connectivity index (χ1n) is 7.19. The van der Waals surface area contributed by atoms with Crippen molar-refractivity contribution in [2.75, 3.05) is 18.4 Å². The van der Waals surface area contributed by atoms with Crippen LogP contribution < -0.4 is 10.6 Å². The molecular weight excluding hydrogens is 282 g/mol. The zero-order chi connectivity index (χ0) is 14.7. The molecule has 1 aliphatic heterocycles. The maximum atomic E-state index is 12.5. The minimum atomic E-state index is -0.275. The number of nitrogens with zero attached hydrogens (tertiary/aromatic N) is 1. The molecule has 0 unspecified atom stereocenters. The van der Waals surface area contributed by atoms with Gasteiger partial charge in [0.2, 0.25) is 5.91 Å². The first-order chi connectivity index (χ1) is 10.2. The average Bonchev–Trinajstić information content (AvgIpc) is 3.02. The maximum Gasteiger partial charge on any atom is 0.230 e. The number of amides is 1. The summed E-state index contributed by atoms with van der Waals surface area (Å²) in [5.74, 6) is 0.111. The first kappa shape index (κ1) is 14.2. The summed E-state index contributed by atoms with van der Waals surface area (Å²) < 4.78 is 0. The monoisotopic (exact) mass is 301 g/mol. The van der Waals surface area contributed by atoms with Crippen LogP contribution in [0, 0.1) is 5.41 Å². The lowest BCUT2D eigenvalue weighted by Gasteiger charge is -2.32. The van der Waals surface area contributed by atoms with Gasteiger partial charge >= 0.3 is 0 Å². The Kier molecular flexibility index (Phi) is 4.03. The van der Waals surface area contributed by atoms with Gasteiger partial charge in [0.25, 0.3) is 0 Å². The molecule has 2 aromatic rings. The van der Waals surface area contributed by atoms with E-state index >= 15 is 0 Å². The number of rotatable bonds is 3. The summed E-state index contributed by atoms with van der Waals surface area (Å²) in [5.41, 5.74) is 1.60. The number of aromatic nitrogens is 1. The van der Waals surface area contributed by atoms with Crippen LogP contribution in [0.2, 0.25) is 0 Å². The second-order valence-electron chi connectivity index (χ2n) is 5.68. The highest BCUT2D eigenvalue weighted by atomic mass is 32.1. The molecule has 0 spiro atoms. The van der Waals surface area contributed by atoms with Gasteiger partial charge in [-0.2, -0.15) is 0 Å². The summed E-state index contributed by atoms with van der Waals surface area (Å²) in [6.07, 6.45) is 3.55. The number of carbonyl (C=O) groups is 1. The fourth-order valence-electron chi connectivity index (χ4n) is 2.58. The van der Waals surface area contributed by atoms with E-state index in [2.05, 4.69) is 15.6 Å². The second-order valence-corrected chi connectivity index (χ2v) is 6.58. The third-order valence-corrected chi connectivity index (χ3v) is 4.88. The van der Waals surface area contributed by atoms with Crippen LogP contribution in [-0.2, 0) is 4.79 Å². The third kappa shape index (κ3) is 3.14. The molecule has 2 heterocycles. The van der Waals surface area contributed by atoms with Gasteiger partial charge in [0.15, 0.2) is 0 Å². The molecule has 1 aromatic carbocycles. The van der Waals surface area contributed by atoms with Gasteiger partial charge < -0.3 is 10.6 Å². The van der Waals surface area contributed by atoms with E-state index in [-0.39, 0.29) is 11.3 Å². The van der Waals surface area contributed by atoms with Gasteiger partial charge in [0.1, 0.15) is 5.01 Å². The predicted molar refractivity (Wildman–Crippen MR) is 86.4 cm³/mol. The Hall–Kier alpha value is -1.72. The normalized spacial score (nSPS) is 17.4. The van der Waals surface area contributed by atoms with Gasteiger partial charge in [-0.05, 0) is 38.1 Å². The van der Waals surface area contributed by atoms with Crippen LogP contribution in [0.25, 0.3) is 10.6 Å². The lowest BCUT2D eigenvalue weighted by molar-refractivity contribution is -0.126. The van der Waals surface area contributed by atoms with Gasteiger partial charge in [-0.3, -0.25) is 4.79 Å². The fourth-order valence-corrected chi connectivity index (χ4v) is 3.22. The van der Waals surface area contributed by atoms with Crippen molar-refractivity contribution in [2.45, 2.75) is 19.8 Å². The minimum absolute atomic E-state index is 0.111. The van der Waals surface area contributed by atoms with E-state index < -0.39 is 0 Å². The van der Waals surface area contributed by atoms with E-state index in [1.54, 1.807) is 17.5 Å². The molecule has 110 valence electrons. The Bertz CT molecular complexity index is 618. The predicted octanol–water partition coefficient (Wildman–Crippen LogP) is 3.14. The van der Waals surface area contributed by atoms with Crippen molar-refractivity contribution in [1.29, 1.82) is 0 Å². The first-order valence-corrected chi connectivity index (χ1v) is 8.07. The number of anilines is 1. The Morgan fingerprint density at radius 3 is 2.90 bits per heavy atom. The molecule has 21 heavy (non-hydrogen) atoms. The molecule has 1 aliphatic rings. The zero-order valence-electron chi connectivity index (χ0n) is 12.1. The van der Waals surface area contributed by atoms with E-state index in [4.69, 9.17) is 0 Å². The number of nitrogens with one attached hydrogen (secondary N) is 2. The molecule has 1 saturated heterocycles. The molecule has 1 aromatic heterocycles. The van der Waals surface area contributed by atoms with E-state index in [0.717, 1.165) is 42.2 Å². The molecule has 5 heteroatoms. The molecule has 4 nitrogen and oxygen atoms in total. The highest BCUT2D eigenvalue weighted by Gasteiger charge is 2.34. The number of piperidine rings is 1. The van der Waals surface area contributed by atoms with Crippen molar-refractivity contribution < 1.29 is 4.79 Å². The number of hydrogen-bond acceptors (Lipinski definition) is 4. The summed E-state index contributed by atoms with van der Waals surface area (Å²) in [6, 6.07) is 7.89. The Balaban J connectivity index is 1.76. The summed E-state index contributed by atoms with van der Waals surface area (Å²) in [6.45, 7) is 3.86. The zero-order valence-corrected chi connectivity index (χ0v) is 12.9. The van der Waals surface area contributed by atoms with Crippen molar-refractivity contribution in [3.8, 4) is 10.6 Å². The number of hydrogen-bond donors (Lipinski definition) is 2. The Morgan fingerprint density at radius 1 is 1.38 bits per heavy atom. The van der Waals surface area contributed by atoms with Crippen molar-refractivity contribution >= 4 is 22.9 Å². The lowest BCUT2D eigenvalue weighted by atomic mass is 9.80. The molecule has 0 atom stereocenters. The third-order valence-electron chi connectivity index (χ3n) is 4.05. The summed E-state index contributed by atoms with van der Waals surface area (Å²) >= 11 is 1.60. The molecule has 0 aliphatic carbocycles. The summed E-state index contributed by atoms with van der Waals surface area (Å²) in [4.78, 5) is 16.8. The van der Waals surface area contributed by atoms with Gasteiger partial charge in [-0.25, -0.2) is 4.98 Å². The van der Waals surface area contributed by atoms with Crippen LogP contribution in [0.1, 0.15) is 19.8 Å². The van der Waals surface area contributed by atoms with Gasteiger partial charge in [-0.1, -0.05) is 19.1 Å². The SMILES string of the molecule is CC1(C(=O)Nc2cccc(-c3nccs3)c2)CCNCC1. The fraction of sp³-hybridized carbons (Fsp3) is 0.375. The van der Waals surface area contributed by atoms with Crippen LogP contribution in [-0.4, -0.2) is 24.0 Å². The summed E-state index contributed by atoms with van der Waals surface area (Å²) in [5, 5.41) is 9.29. The van der Waals surface area contributed by atoms with Crippen molar-refractivity contribution in [3.05, 3.63) is 35.8 Å².